The Kier molecular flexibility index (Phi) is 9.61. The highest BCUT2D eigenvalue weighted by molar-refractivity contribution is 5.99. The van der Waals surface area contributed by atoms with Gasteiger partial charge in [-0.1, -0.05) is 183 Å². The Hall–Kier alpha value is -7.47. The predicted molar refractivity (Wildman–Crippen MR) is 272 cm³/mol. The Morgan fingerprint density at radius 2 is 1.30 bits per heavy atom. The van der Waals surface area contributed by atoms with E-state index in [2.05, 4.69) is 235 Å². The molecule has 6 aliphatic rings. The van der Waals surface area contributed by atoms with Gasteiger partial charge in [0.25, 0.3) is 0 Å². The first-order valence-electron chi connectivity index (χ1n) is 24.1. The van der Waals surface area contributed by atoms with Gasteiger partial charge in [0.05, 0.1) is 16.8 Å². The number of hydrogen-bond acceptors (Lipinski definition) is 5. The molecule has 0 saturated carbocycles. The molecule has 7 aromatic carbocycles. The van der Waals surface area contributed by atoms with Gasteiger partial charge in [-0.25, -0.2) is 4.99 Å². The van der Waals surface area contributed by atoms with Crippen LogP contribution in [0.5, 0.6) is 5.75 Å². The zero-order valence-corrected chi connectivity index (χ0v) is 37.6. The highest BCUT2D eigenvalue weighted by Crippen LogP contribution is 2.64. The number of nitrogens with zero attached hydrogens (tertiary/aromatic N) is 2. The van der Waals surface area contributed by atoms with E-state index in [1.807, 2.05) is 0 Å². The lowest BCUT2D eigenvalue weighted by atomic mass is 9.58. The van der Waals surface area contributed by atoms with Crippen molar-refractivity contribution in [3.63, 3.8) is 0 Å². The van der Waals surface area contributed by atoms with Crippen LogP contribution in [0.4, 0.5) is 17.1 Å². The van der Waals surface area contributed by atoms with Crippen LogP contribution in [0.1, 0.15) is 64.9 Å². The highest BCUT2D eigenvalue weighted by atomic mass is 16.5. The van der Waals surface area contributed by atoms with E-state index in [1.54, 1.807) is 0 Å². The van der Waals surface area contributed by atoms with E-state index in [0.717, 1.165) is 53.4 Å². The van der Waals surface area contributed by atoms with E-state index in [1.165, 1.54) is 55.9 Å². The van der Waals surface area contributed by atoms with E-state index in [4.69, 9.17) is 9.73 Å². The van der Waals surface area contributed by atoms with Gasteiger partial charge in [-0.3, -0.25) is 5.32 Å². The second-order valence-electron chi connectivity index (χ2n) is 19.0. The number of fused-ring (bicyclic) bond motifs is 10. The molecule has 0 fully saturated rings. The zero-order valence-electron chi connectivity index (χ0n) is 37.6. The summed E-state index contributed by atoms with van der Waals surface area (Å²) in [5.41, 5.74) is 15.7. The number of amidine groups is 1. The van der Waals surface area contributed by atoms with Crippen LogP contribution in [0.2, 0.25) is 0 Å². The maximum atomic E-state index is 7.25. The van der Waals surface area contributed by atoms with Crippen LogP contribution in [0, 0.1) is 23.7 Å². The molecule has 3 aliphatic carbocycles. The molecule has 0 aromatic heterocycles. The first-order valence-corrected chi connectivity index (χ1v) is 24.1. The Morgan fingerprint density at radius 1 is 0.657 bits per heavy atom. The fraction of sp³-hybridized carbons (Fsp3) is 0.177. The van der Waals surface area contributed by atoms with E-state index in [0.29, 0.717) is 17.8 Å². The smallest absolute Gasteiger partial charge is 0.131 e. The fourth-order valence-corrected chi connectivity index (χ4v) is 12.5. The van der Waals surface area contributed by atoms with Gasteiger partial charge in [-0.05, 0) is 112 Å². The lowest BCUT2D eigenvalue weighted by Crippen LogP contribution is -2.52. The molecular weight excluding hydrogens is 817 g/mol. The summed E-state index contributed by atoms with van der Waals surface area (Å²) in [4.78, 5) is 7.62. The number of aliphatic imine (C=N–C) groups is 1. The number of nitrogens with one attached hydrogen (secondary N) is 2. The van der Waals surface area contributed by atoms with Gasteiger partial charge in [-0.2, -0.15) is 0 Å². The Bertz CT molecular complexity index is 3150. The molecule has 0 bridgehead atoms. The lowest BCUT2D eigenvalue weighted by molar-refractivity contribution is 0.217. The van der Waals surface area contributed by atoms with Gasteiger partial charge < -0.3 is 15.0 Å². The summed E-state index contributed by atoms with van der Waals surface area (Å²) < 4.78 is 7.25. The van der Waals surface area contributed by atoms with Crippen molar-refractivity contribution in [1.29, 1.82) is 0 Å². The van der Waals surface area contributed by atoms with Crippen LogP contribution in [0.15, 0.2) is 234 Å². The topological polar surface area (TPSA) is 48.9 Å². The molecule has 5 heteroatoms. The van der Waals surface area contributed by atoms with Crippen molar-refractivity contribution in [2.24, 2.45) is 28.7 Å². The predicted octanol–water partition coefficient (Wildman–Crippen LogP) is 13.5. The SMILES string of the molecule is CC1C2CC3=C(C=C2c2ccccc2CC1C1C=CC(C2NC(c4ccccc4)=NC(c4ccccc4)N2)=CC1)C1(c2ccccc2O3)c2ccccc2N(c2ccccc2)c2ccccc21. The molecule has 13 rings (SSSR count). The average molecular weight is 869 g/mol. The number of para-hydroxylation sites is 4. The van der Waals surface area contributed by atoms with E-state index in [-0.39, 0.29) is 18.2 Å². The minimum atomic E-state index is -0.594. The number of allylic oxidation sites excluding steroid dienone is 6. The molecule has 326 valence electrons. The summed E-state index contributed by atoms with van der Waals surface area (Å²) in [6, 6.07) is 68.1. The van der Waals surface area contributed by atoms with Crippen molar-refractivity contribution in [1.82, 2.24) is 10.6 Å². The molecule has 3 heterocycles. The molecule has 1 spiro atoms. The maximum absolute atomic E-state index is 7.25. The van der Waals surface area contributed by atoms with Crippen LogP contribution in [0.3, 0.4) is 0 Å². The van der Waals surface area contributed by atoms with E-state index in [9.17, 15) is 0 Å². The van der Waals surface area contributed by atoms with Crippen LogP contribution < -0.4 is 20.3 Å². The molecule has 6 unspecified atom stereocenters. The molecule has 3 aliphatic heterocycles. The van der Waals surface area contributed by atoms with Crippen LogP contribution in [-0.4, -0.2) is 12.0 Å². The summed E-state index contributed by atoms with van der Waals surface area (Å²) in [5.74, 6) is 4.44. The molecule has 7 aromatic rings. The van der Waals surface area contributed by atoms with Crippen LogP contribution >= 0.6 is 0 Å². The quantitative estimate of drug-likeness (QED) is 0.181. The molecule has 0 saturated heterocycles. The third kappa shape index (κ3) is 6.43. The zero-order chi connectivity index (χ0) is 44.5. The minimum absolute atomic E-state index is 0.0749. The summed E-state index contributed by atoms with van der Waals surface area (Å²) in [7, 11) is 0. The van der Waals surface area contributed by atoms with Crippen LogP contribution in [-0.2, 0) is 11.8 Å². The van der Waals surface area contributed by atoms with Gasteiger partial charge in [0.1, 0.15) is 29.7 Å². The minimum Gasteiger partial charge on any atom is -0.461 e. The monoisotopic (exact) mass is 868 g/mol. The third-order valence-corrected chi connectivity index (χ3v) is 15.6. The van der Waals surface area contributed by atoms with E-state index >= 15 is 0 Å². The maximum Gasteiger partial charge on any atom is 0.131 e. The fourth-order valence-electron chi connectivity index (χ4n) is 12.5. The average Bonchev–Trinajstić information content (AvgIpc) is 3.52. The molecule has 0 amide bonds. The number of hydrogen-bond donors (Lipinski definition) is 2. The van der Waals surface area contributed by atoms with E-state index < -0.39 is 5.41 Å². The van der Waals surface area contributed by atoms with Gasteiger partial charge in [0, 0.05) is 28.8 Å². The van der Waals surface area contributed by atoms with Gasteiger partial charge >= 0.3 is 0 Å². The Balaban J connectivity index is 0.881. The van der Waals surface area contributed by atoms with Crippen molar-refractivity contribution in [2.45, 2.75) is 43.9 Å². The standard InChI is InChI=1S/C62H52N4O/c1-40-48(41-33-35-44(36-34-41)61-64-59(42-19-5-2-6-20-42)63-60(65-61)43-21-7-3-8-22-43)37-45-23-11-12-26-47(45)50-38-54-58(39-49(40)50)67-57-32-18-15-29-53(57)62(54)51-27-13-16-30-55(51)66(46-24-9-4-10-25-46)56-31-17-14-28-52(56)62/h2-33,35-36,38,40-41,48-49,59,61,64H,34,37,39H2,1H3,(H,63,65). The van der Waals surface area contributed by atoms with Crippen molar-refractivity contribution < 1.29 is 4.74 Å². The van der Waals surface area contributed by atoms with Crippen molar-refractivity contribution in [3.8, 4) is 5.75 Å². The van der Waals surface area contributed by atoms with Gasteiger partial charge in [0.15, 0.2) is 0 Å². The molecule has 0 radical (unpaired) electrons. The number of anilines is 3. The summed E-state index contributed by atoms with van der Waals surface area (Å²) in [5, 5.41) is 7.61. The second kappa shape index (κ2) is 16.1. The van der Waals surface area contributed by atoms with Gasteiger partial charge in [-0.15, -0.1) is 0 Å². The third-order valence-electron chi connectivity index (χ3n) is 15.6. The molecule has 5 nitrogen and oxygen atoms in total. The normalized spacial score (nSPS) is 24.1. The summed E-state index contributed by atoms with van der Waals surface area (Å²) in [6.07, 6.45) is 12.6. The Labute approximate surface area is 393 Å². The Morgan fingerprint density at radius 3 is 2.03 bits per heavy atom. The van der Waals surface area contributed by atoms with Crippen molar-refractivity contribution >= 4 is 28.5 Å². The molecular formula is C62H52N4O. The molecule has 2 N–H and O–H groups in total. The van der Waals surface area contributed by atoms with Crippen molar-refractivity contribution in [2.75, 3.05) is 4.90 Å². The summed E-state index contributed by atoms with van der Waals surface area (Å²) in [6.45, 7) is 2.53. The second-order valence-corrected chi connectivity index (χ2v) is 19.0. The lowest BCUT2D eigenvalue weighted by Gasteiger charge is -2.50. The first kappa shape index (κ1) is 39.9. The molecule has 6 atom stereocenters. The van der Waals surface area contributed by atoms with Crippen molar-refractivity contribution in [3.05, 3.63) is 268 Å². The number of ether oxygens (including phenoxy) is 1. The van der Waals surface area contributed by atoms with Crippen LogP contribution in [0.25, 0.3) is 5.57 Å². The number of benzene rings is 7. The molecule has 67 heavy (non-hydrogen) atoms. The first-order chi connectivity index (χ1) is 33.1. The highest BCUT2D eigenvalue weighted by Gasteiger charge is 2.54. The largest absolute Gasteiger partial charge is 0.461 e. The van der Waals surface area contributed by atoms with Gasteiger partial charge in [0.2, 0.25) is 0 Å². The number of rotatable bonds is 5. The summed E-state index contributed by atoms with van der Waals surface area (Å²) >= 11 is 0.